The van der Waals surface area contributed by atoms with Crippen molar-refractivity contribution in [3.8, 4) is 5.75 Å². The number of phenols is 1. The van der Waals surface area contributed by atoms with Gasteiger partial charge in [-0.05, 0) is 137 Å². The lowest BCUT2D eigenvalue weighted by Crippen LogP contribution is -2.61. The molecule has 20 atom stereocenters. The molecule has 0 aromatic heterocycles. The Hall–Kier alpha value is -7.57. The molecule has 19 N–H and O–H groups in total. The number of aliphatic hydroxyl groups is 7. The maximum absolute atomic E-state index is 15.0. The molecule has 0 aliphatic carbocycles. The molecule has 0 radical (unpaired) electrons. The number of carbonyl (C=O) groups excluding carboxylic acids is 12. The van der Waals surface area contributed by atoms with Gasteiger partial charge in [-0.15, -0.1) is 0 Å². The molecule has 32 nitrogen and oxygen atoms in total. The van der Waals surface area contributed by atoms with Crippen LogP contribution in [0, 0.1) is 29.6 Å². The van der Waals surface area contributed by atoms with E-state index in [1.165, 1.54) is 36.0 Å². The number of hydrogen-bond donors (Lipinski definition) is 17. The minimum atomic E-state index is -2.23. The molecule has 33 heteroatoms. The molecule has 2 aromatic rings. The van der Waals surface area contributed by atoms with Crippen LogP contribution in [0.15, 0.2) is 54.6 Å². The Kier molecular flexibility index (Phi) is 43.4. The van der Waals surface area contributed by atoms with E-state index in [1.54, 1.807) is 30.3 Å². The van der Waals surface area contributed by atoms with E-state index in [9.17, 15) is 93.6 Å². The molecule has 3 fully saturated rings. The monoisotopic (exact) mass is 1640 g/mol. The molecule has 0 unspecified atom stereocenters. The van der Waals surface area contributed by atoms with E-state index < -0.39 is 219 Å². The number of aromatic hydroxyl groups is 1. The van der Waals surface area contributed by atoms with E-state index in [2.05, 4.69) is 58.0 Å². The highest BCUT2D eigenvalue weighted by atomic mass is 32.2. The van der Waals surface area contributed by atoms with Crippen molar-refractivity contribution in [2.45, 2.75) is 293 Å². The van der Waals surface area contributed by atoms with Crippen LogP contribution in [0.25, 0.3) is 0 Å². The predicted molar refractivity (Wildman–Crippen MR) is 430 cm³/mol. The van der Waals surface area contributed by atoms with E-state index in [0.29, 0.717) is 56.1 Å². The smallest absolute Gasteiger partial charge is 0.248 e. The van der Waals surface area contributed by atoms with Crippen LogP contribution in [0.1, 0.15) is 206 Å². The number of hydrogen-bond acceptors (Lipinski definition) is 24. The number of aliphatic hydroxyl groups excluding tert-OH is 7. The fourth-order valence-corrected chi connectivity index (χ4v) is 15.5. The van der Waals surface area contributed by atoms with Crippen LogP contribution in [0.2, 0.25) is 0 Å². The van der Waals surface area contributed by atoms with Gasteiger partial charge < -0.3 is 104 Å². The summed E-state index contributed by atoms with van der Waals surface area (Å²) in [6.07, 6.45) is -6.34. The minimum absolute atomic E-state index is 0.00308. The molecular weight excluding hydrogens is 1510 g/mol. The van der Waals surface area contributed by atoms with Crippen molar-refractivity contribution in [3.63, 3.8) is 0 Å². The Labute approximate surface area is 680 Å². The first-order chi connectivity index (χ1) is 54.7. The summed E-state index contributed by atoms with van der Waals surface area (Å²) in [6.45, 7) is 10.1. The van der Waals surface area contributed by atoms with Crippen molar-refractivity contribution < 1.29 is 103 Å². The summed E-state index contributed by atoms with van der Waals surface area (Å²) < 4.78 is 6.17. The van der Waals surface area contributed by atoms with E-state index in [4.69, 9.17) is 16.2 Å². The van der Waals surface area contributed by atoms with Gasteiger partial charge in [-0.1, -0.05) is 122 Å². The Balaban J connectivity index is 1.41. The summed E-state index contributed by atoms with van der Waals surface area (Å²) in [5, 5.41) is 110. The average Bonchev–Trinajstić information content (AvgIpc) is 1.73. The SMILES string of the molecule is CC[C@H](C)C[C@H](C)CCCCCCCCC(=O)C[C@H]1C[C@@H](O)[C@@H](OCCCC(=O)[C@@H](N)CCCCNC(=O)[C@H](Cc2ccccc2)NC(=O)[C@H](CC(C)C)NC(=O)[C@H](CCSC)NC=O)NC(=O)[C@@H]2[C@@H](O)CCN2C(=O)[C@H]([C@H](O)CCN)NC(=O)[C@H]([C@H](O)[C@@H](O)c2ccc(O)cc2)CC(=O)[C@@H]2C[C@@H](O)CN2C(=O)[C@H]([C@@H](C)O)NC1=O. The van der Waals surface area contributed by atoms with Crippen molar-refractivity contribution in [1.29, 1.82) is 0 Å². The summed E-state index contributed by atoms with van der Waals surface area (Å²) >= 11 is 1.49. The second-order valence-electron chi connectivity index (χ2n) is 32.0. The van der Waals surface area contributed by atoms with Crippen molar-refractivity contribution in [2.75, 3.05) is 44.8 Å². The maximum Gasteiger partial charge on any atom is 0.248 e. The highest BCUT2D eigenvalue weighted by molar-refractivity contribution is 7.98. The van der Waals surface area contributed by atoms with Gasteiger partial charge in [0.25, 0.3) is 0 Å². The summed E-state index contributed by atoms with van der Waals surface area (Å²) in [5.41, 5.74) is 13.0. The fourth-order valence-electron chi connectivity index (χ4n) is 15.0. The van der Waals surface area contributed by atoms with Crippen LogP contribution >= 0.6 is 11.8 Å². The van der Waals surface area contributed by atoms with Gasteiger partial charge in [0.1, 0.15) is 59.7 Å². The van der Waals surface area contributed by atoms with Crippen LogP contribution in [0.3, 0.4) is 0 Å². The predicted octanol–water partition coefficient (Wildman–Crippen LogP) is 1.43. The van der Waals surface area contributed by atoms with Crippen LogP contribution in [0.5, 0.6) is 5.75 Å². The number of nitrogens with zero attached hydrogens (tertiary/aromatic N) is 2. The Bertz CT molecular complexity index is 3400. The number of rotatable bonds is 46. The highest BCUT2D eigenvalue weighted by Crippen LogP contribution is 2.32. The maximum atomic E-state index is 15.0. The van der Waals surface area contributed by atoms with Crippen molar-refractivity contribution in [1.82, 2.24) is 47.0 Å². The highest BCUT2D eigenvalue weighted by Gasteiger charge is 2.49. The van der Waals surface area contributed by atoms with E-state index in [0.717, 1.165) is 67.2 Å². The first-order valence-electron chi connectivity index (χ1n) is 41.1. The molecule has 3 aliphatic rings. The normalized spacial score (nSPS) is 24.1. The second-order valence-corrected chi connectivity index (χ2v) is 33.0. The number of ketones is 3. The second kappa shape index (κ2) is 50.9. The number of phenolic OH excluding ortho intramolecular Hbond substituents is 1. The van der Waals surface area contributed by atoms with Gasteiger partial charge in [-0.2, -0.15) is 11.8 Å². The minimum Gasteiger partial charge on any atom is -0.508 e. The number of Topliss-reactive ketones (excluding diaryl/α,β-unsaturated/α-hetero) is 3. The van der Waals surface area contributed by atoms with E-state index in [1.807, 2.05) is 20.1 Å². The Morgan fingerprint density at radius 1 is 0.687 bits per heavy atom. The Morgan fingerprint density at radius 3 is 1.98 bits per heavy atom. The number of nitrogens with two attached hydrogens (primary N) is 2. The lowest BCUT2D eigenvalue weighted by Gasteiger charge is -2.34. The number of amides is 9. The average molecular weight is 1640 g/mol. The zero-order valence-corrected chi connectivity index (χ0v) is 68.8. The summed E-state index contributed by atoms with van der Waals surface area (Å²) in [6, 6.07) is 2.26. The number of nitrogens with one attached hydrogen (secondary N) is 7. The summed E-state index contributed by atoms with van der Waals surface area (Å²) in [4.78, 5) is 172. The van der Waals surface area contributed by atoms with Crippen molar-refractivity contribution >= 4 is 82.8 Å². The van der Waals surface area contributed by atoms with Crippen LogP contribution < -0.4 is 48.7 Å². The topological polar surface area (TPSA) is 519 Å². The van der Waals surface area contributed by atoms with Gasteiger partial charge >= 0.3 is 0 Å². The van der Waals surface area contributed by atoms with Gasteiger partial charge in [-0.3, -0.25) is 57.5 Å². The molecular formula is C82H131N11O21S. The third kappa shape index (κ3) is 32.3. The molecule has 0 spiro atoms. The summed E-state index contributed by atoms with van der Waals surface area (Å²) in [5.74, 6) is -11.4. The molecule has 3 aliphatic heterocycles. The zero-order chi connectivity index (χ0) is 85.0. The largest absolute Gasteiger partial charge is 0.508 e. The number of thioether (sulfide) groups is 1. The quantitative estimate of drug-likeness (QED) is 0.0329. The third-order valence-electron chi connectivity index (χ3n) is 21.9. The van der Waals surface area contributed by atoms with Gasteiger partial charge in [0.15, 0.2) is 12.0 Å². The lowest BCUT2D eigenvalue weighted by atomic mass is 9.86. The number of ether oxygens (including phenoxy) is 1. The molecule has 646 valence electrons. The number of benzene rings is 2. The van der Waals surface area contributed by atoms with Crippen molar-refractivity contribution in [2.24, 2.45) is 41.1 Å². The fraction of sp³-hybridized carbons (Fsp3) is 0.707. The third-order valence-corrected chi connectivity index (χ3v) is 22.6. The van der Waals surface area contributed by atoms with Crippen LogP contribution in [-0.4, -0.2) is 258 Å². The first-order valence-corrected chi connectivity index (χ1v) is 42.5. The molecule has 2 aromatic carbocycles. The molecule has 5 rings (SSSR count). The van der Waals surface area contributed by atoms with Gasteiger partial charge in [0, 0.05) is 70.7 Å². The molecule has 0 bridgehead atoms. The number of fused-ring (bicyclic) bond motifs is 2. The van der Waals surface area contributed by atoms with E-state index >= 15 is 4.79 Å². The van der Waals surface area contributed by atoms with Gasteiger partial charge in [0.2, 0.25) is 53.7 Å². The van der Waals surface area contributed by atoms with Crippen molar-refractivity contribution in [3.05, 3.63) is 65.7 Å². The lowest BCUT2D eigenvalue weighted by molar-refractivity contribution is -0.150. The van der Waals surface area contributed by atoms with Crippen LogP contribution in [-0.2, 0) is 68.7 Å². The Morgan fingerprint density at radius 2 is 1.33 bits per heavy atom. The first kappa shape index (κ1) is 98.0. The molecule has 115 heavy (non-hydrogen) atoms. The molecule has 3 heterocycles. The van der Waals surface area contributed by atoms with Gasteiger partial charge in [-0.25, -0.2) is 0 Å². The standard InChI is InChI=1S/C82H131N11O21S/c1-8-49(4)40-50(5)21-14-11-9-10-12-17-24-56(97)42-54-43-68(103)80(114-37-20-26-64(99)59(84)25-18-19-35-85-76(108)62(41-52-22-15-13-16-23-52)88-78(110)61(39-48(2)3)87-77(109)60(86-47-94)33-38-115-7)91-79(111)71-66(101)32-36-92(71)82(113)70(65(100)31-34-83)90-75(107)58(73(105)72(104)53-27-29-55(96)30-28-53)45-67(102)63-44-57(98)46-93(63)81(112)69(51(6)95)89-74(54)106/h13,15-16,22-23,27-30,47-51,54,57-63,65-66,68-73,80,95-96,98,100-101,103-105H,8-12,14,17-21,24-26,31-46,83-84H2,1-7H3,(H,85,108)(H,86,94)(H,87,109)(H,88,110)(H,89,106)(H,90,107)(H,91,111)/t49-,50+,51+,54-,57+,58-,59-,60-,61-,62-,63-,65+,66-,68+,69-,70-,71-,72-,73-,80+/m0/s1. The van der Waals surface area contributed by atoms with Crippen LogP contribution in [0.4, 0.5) is 0 Å². The molecule has 9 amide bonds. The molecule has 0 saturated carbocycles. The van der Waals surface area contributed by atoms with Gasteiger partial charge in [0.05, 0.1) is 54.6 Å². The zero-order valence-electron chi connectivity index (χ0n) is 68.0. The number of carbonyl (C=O) groups is 12. The van der Waals surface area contributed by atoms with E-state index in [-0.39, 0.29) is 81.7 Å². The molecule has 3 saturated heterocycles. The number of unbranched alkanes of at least 4 members (excludes halogenated alkanes) is 6. The summed E-state index contributed by atoms with van der Waals surface area (Å²) in [7, 11) is 0.